The summed E-state index contributed by atoms with van der Waals surface area (Å²) in [5.74, 6) is 0.981. The first-order valence-electron chi connectivity index (χ1n) is 4.98. The van der Waals surface area contributed by atoms with Gasteiger partial charge in [-0.1, -0.05) is 12.1 Å². The molecular formula is C12H13NO2S. The molecule has 0 aromatic heterocycles. The van der Waals surface area contributed by atoms with Crippen molar-refractivity contribution < 1.29 is 9.53 Å². The molecule has 0 radical (unpaired) electrons. The van der Waals surface area contributed by atoms with Crippen LogP contribution < -0.4 is 0 Å². The lowest BCUT2D eigenvalue weighted by atomic mass is 10.1. The number of thioether (sulfide) groups is 1. The van der Waals surface area contributed by atoms with E-state index in [1.807, 2.05) is 12.1 Å². The predicted molar refractivity (Wildman–Crippen MR) is 64.2 cm³/mol. The molecule has 0 unspecified atom stereocenters. The number of ether oxygens (including phenoxy) is 1. The first-order chi connectivity index (χ1) is 7.77. The fourth-order valence-corrected chi connectivity index (χ4v) is 1.79. The average molecular weight is 235 g/mol. The van der Waals surface area contributed by atoms with Crippen molar-refractivity contribution in [2.45, 2.75) is 12.7 Å². The van der Waals surface area contributed by atoms with Gasteiger partial charge < -0.3 is 4.74 Å². The van der Waals surface area contributed by atoms with E-state index >= 15 is 0 Å². The van der Waals surface area contributed by atoms with E-state index in [4.69, 9.17) is 10.00 Å². The van der Waals surface area contributed by atoms with Crippen molar-refractivity contribution in [3.63, 3.8) is 0 Å². The van der Waals surface area contributed by atoms with Gasteiger partial charge in [-0.15, -0.1) is 11.8 Å². The molecule has 0 heterocycles. The molecular weight excluding hydrogens is 222 g/mol. The van der Waals surface area contributed by atoms with E-state index in [1.165, 1.54) is 0 Å². The summed E-state index contributed by atoms with van der Waals surface area (Å²) in [7, 11) is 0. The monoisotopic (exact) mass is 235 g/mol. The fraction of sp³-hybridized carbons (Fsp3) is 0.333. The fourth-order valence-electron chi connectivity index (χ4n) is 1.17. The molecule has 16 heavy (non-hydrogen) atoms. The molecule has 0 saturated heterocycles. The van der Waals surface area contributed by atoms with E-state index in [1.54, 1.807) is 30.8 Å². The van der Waals surface area contributed by atoms with Crippen molar-refractivity contribution in [1.29, 1.82) is 5.26 Å². The Morgan fingerprint density at radius 1 is 1.44 bits per heavy atom. The minimum atomic E-state index is -0.293. The predicted octanol–water partition coefficient (Wildman–Crippen LogP) is 2.62. The quantitative estimate of drug-likeness (QED) is 0.581. The molecule has 1 aromatic carbocycles. The van der Waals surface area contributed by atoms with Crippen molar-refractivity contribution >= 4 is 17.7 Å². The topological polar surface area (TPSA) is 50.1 Å². The molecule has 0 spiro atoms. The number of nitriles is 1. The average Bonchev–Trinajstić information content (AvgIpc) is 2.30. The van der Waals surface area contributed by atoms with Crippen LogP contribution >= 0.6 is 11.8 Å². The van der Waals surface area contributed by atoms with Crippen LogP contribution in [-0.4, -0.2) is 18.3 Å². The zero-order valence-electron chi connectivity index (χ0n) is 9.10. The van der Waals surface area contributed by atoms with E-state index in [0.717, 1.165) is 11.3 Å². The van der Waals surface area contributed by atoms with Crippen molar-refractivity contribution in [2.75, 3.05) is 12.4 Å². The van der Waals surface area contributed by atoms with Gasteiger partial charge in [0.15, 0.2) is 0 Å². The zero-order valence-corrected chi connectivity index (χ0v) is 9.92. The van der Waals surface area contributed by atoms with Crippen LogP contribution in [0.5, 0.6) is 0 Å². The lowest BCUT2D eigenvalue weighted by molar-refractivity contribution is 0.0526. The number of carbonyl (C=O) groups is 1. The van der Waals surface area contributed by atoms with Crippen LogP contribution in [0.15, 0.2) is 24.3 Å². The van der Waals surface area contributed by atoms with Crippen LogP contribution in [0, 0.1) is 11.3 Å². The maximum absolute atomic E-state index is 11.3. The van der Waals surface area contributed by atoms with Crippen molar-refractivity contribution in [3.05, 3.63) is 35.4 Å². The van der Waals surface area contributed by atoms with Crippen molar-refractivity contribution in [3.8, 4) is 6.07 Å². The summed E-state index contributed by atoms with van der Waals surface area (Å²) < 4.78 is 4.88. The van der Waals surface area contributed by atoms with Crippen LogP contribution in [0.4, 0.5) is 0 Å². The molecule has 0 saturated carbocycles. The standard InChI is InChI=1S/C12H13NO2S/c1-2-15-12(14)11-5-3-10(4-6-11)9-16-8-7-13/h3-6H,2,8-9H2,1H3. The first-order valence-corrected chi connectivity index (χ1v) is 6.14. The summed E-state index contributed by atoms with van der Waals surface area (Å²) in [5.41, 5.74) is 1.67. The Kier molecular flexibility index (Phi) is 5.44. The molecule has 0 aliphatic rings. The molecule has 0 atom stereocenters. The summed E-state index contributed by atoms with van der Waals surface area (Å²) in [5, 5.41) is 8.39. The summed E-state index contributed by atoms with van der Waals surface area (Å²) >= 11 is 1.55. The van der Waals surface area contributed by atoms with Crippen LogP contribution in [-0.2, 0) is 10.5 Å². The number of hydrogen-bond donors (Lipinski definition) is 0. The third-order valence-electron chi connectivity index (χ3n) is 1.90. The lowest BCUT2D eigenvalue weighted by Crippen LogP contribution is -2.04. The number of carbonyl (C=O) groups excluding carboxylic acids is 1. The van der Waals surface area contributed by atoms with E-state index in [-0.39, 0.29) is 5.97 Å². The summed E-state index contributed by atoms with van der Waals surface area (Å²) in [6, 6.07) is 9.34. The highest BCUT2D eigenvalue weighted by Crippen LogP contribution is 2.13. The largest absolute Gasteiger partial charge is 0.462 e. The van der Waals surface area contributed by atoms with Crippen molar-refractivity contribution in [2.24, 2.45) is 0 Å². The molecule has 84 valence electrons. The Balaban J connectivity index is 2.54. The normalized spacial score (nSPS) is 9.50. The lowest BCUT2D eigenvalue weighted by Gasteiger charge is -2.03. The second-order valence-electron chi connectivity index (χ2n) is 3.07. The maximum atomic E-state index is 11.3. The van der Waals surface area contributed by atoms with Crippen LogP contribution in [0.2, 0.25) is 0 Å². The third-order valence-corrected chi connectivity index (χ3v) is 2.77. The third kappa shape index (κ3) is 3.95. The Labute approximate surface area is 99.4 Å². The molecule has 0 aliphatic carbocycles. The molecule has 0 amide bonds. The van der Waals surface area contributed by atoms with Crippen LogP contribution in [0.25, 0.3) is 0 Å². The molecule has 0 aliphatic heterocycles. The minimum absolute atomic E-state index is 0.293. The van der Waals surface area contributed by atoms with Gasteiger partial charge in [-0.3, -0.25) is 0 Å². The second-order valence-corrected chi connectivity index (χ2v) is 4.05. The number of rotatable bonds is 5. The molecule has 3 nitrogen and oxygen atoms in total. The SMILES string of the molecule is CCOC(=O)c1ccc(CSCC#N)cc1. The van der Waals surface area contributed by atoms with E-state index in [0.29, 0.717) is 17.9 Å². The minimum Gasteiger partial charge on any atom is -0.462 e. The highest BCUT2D eigenvalue weighted by Gasteiger charge is 2.05. The van der Waals surface area contributed by atoms with Gasteiger partial charge in [-0.05, 0) is 24.6 Å². The highest BCUT2D eigenvalue weighted by atomic mass is 32.2. The molecule has 0 N–H and O–H groups in total. The van der Waals surface area contributed by atoms with E-state index in [9.17, 15) is 4.79 Å². The van der Waals surface area contributed by atoms with Crippen LogP contribution in [0.1, 0.15) is 22.8 Å². The second kappa shape index (κ2) is 6.91. The van der Waals surface area contributed by atoms with Crippen molar-refractivity contribution in [1.82, 2.24) is 0 Å². The van der Waals surface area contributed by atoms with Gasteiger partial charge in [0.2, 0.25) is 0 Å². The van der Waals surface area contributed by atoms with Gasteiger partial charge in [0.05, 0.1) is 24.0 Å². The van der Waals surface area contributed by atoms with Gasteiger partial charge in [0.25, 0.3) is 0 Å². The Morgan fingerprint density at radius 2 is 2.12 bits per heavy atom. The molecule has 0 bridgehead atoms. The molecule has 0 fully saturated rings. The zero-order chi connectivity index (χ0) is 11.8. The van der Waals surface area contributed by atoms with Gasteiger partial charge in [0, 0.05) is 5.75 Å². The first kappa shape index (κ1) is 12.6. The van der Waals surface area contributed by atoms with Gasteiger partial charge in [-0.25, -0.2) is 4.79 Å². The van der Waals surface area contributed by atoms with Gasteiger partial charge >= 0.3 is 5.97 Å². The van der Waals surface area contributed by atoms with E-state index < -0.39 is 0 Å². The smallest absolute Gasteiger partial charge is 0.338 e. The molecule has 4 heteroatoms. The molecule has 1 rings (SSSR count). The van der Waals surface area contributed by atoms with Gasteiger partial charge in [-0.2, -0.15) is 5.26 Å². The Morgan fingerprint density at radius 3 is 2.69 bits per heavy atom. The van der Waals surface area contributed by atoms with Crippen LogP contribution in [0.3, 0.4) is 0 Å². The maximum Gasteiger partial charge on any atom is 0.338 e. The highest BCUT2D eigenvalue weighted by molar-refractivity contribution is 7.98. The van der Waals surface area contributed by atoms with Gasteiger partial charge in [0.1, 0.15) is 0 Å². The summed E-state index contributed by atoms with van der Waals surface area (Å²) in [6.45, 7) is 2.17. The van der Waals surface area contributed by atoms with E-state index in [2.05, 4.69) is 6.07 Å². The number of esters is 1. The summed E-state index contributed by atoms with van der Waals surface area (Å²) in [4.78, 5) is 11.3. The molecule has 1 aromatic rings. The summed E-state index contributed by atoms with van der Waals surface area (Å²) in [6.07, 6.45) is 0. The number of hydrogen-bond acceptors (Lipinski definition) is 4. The Hall–Kier alpha value is -1.47. The number of benzene rings is 1. The number of nitrogens with zero attached hydrogens (tertiary/aromatic N) is 1. The Bertz CT molecular complexity index is 381.